The summed E-state index contributed by atoms with van der Waals surface area (Å²) in [4.78, 5) is 43.2. The largest absolute Gasteiger partial charge is 0.389 e. The first-order valence-corrected chi connectivity index (χ1v) is 13.3. The van der Waals surface area contributed by atoms with Gasteiger partial charge >= 0.3 is 12.4 Å². The number of hydrogen-bond donors (Lipinski definition) is 3. The van der Waals surface area contributed by atoms with E-state index >= 15 is 0 Å². The average Bonchev–Trinajstić information content (AvgIpc) is 3.00. The third kappa shape index (κ3) is 8.70. The second-order valence-electron chi connectivity index (χ2n) is 10.1. The van der Waals surface area contributed by atoms with Crippen LogP contribution in [0.4, 0.5) is 32.0 Å². The molecule has 0 aromatic heterocycles. The van der Waals surface area contributed by atoms with Crippen LogP contribution in [0.2, 0.25) is 5.02 Å². The molecule has 7 nitrogen and oxygen atoms in total. The number of aliphatic imine (C=N–C) groups is 1. The zero-order valence-electron chi connectivity index (χ0n) is 22.6. The summed E-state index contributed by atoms with van der Waals surface area (Å²) in [6, 6.07) is 10.1. The van der Waals surface area contributed by atoms with E-state index in [1.807, 2.05) is 19.9 Å². The number of para-hydroxylation sites is 1. The molecular formula is C28H29ClF6N4O3. The van der Waals surface area contributed by atoms with E-state index in [9.17, 15) is 40.7 Å². The Kier molecular flexibility index (Phi) is 10.3. The molecule has 3 rings (SSSR count). The molecule has 2 aromatic rings. The van der Waals surface area contributed by atoms with Crippen LogP contribution in [0.25, 0.3) is 0 Å². The van der Waals surface area contributed by atoms with E-state index in [-0.39, 0.29) is 16.4 Å². The van der Waals surface area contributed by atoms with Crippen molar-refractivity contribution in [2.24, 2.45) is 22.6 Å². The van der Waals surface area contributed by atoms with Gasteiger partial charge in [0.2, 0.25) is 18.0 Å². The molecule has 1 aliphatic heterocycles. The standard InChI is InChI=1S/C28H29ClF6N4O3/c1-14-8-9-16(13-15(14)2)21-19-5-3-7-20(29)22(19)38-26(42)24(37-21)39-25(41)18(10-12-28(33,34)35)17(23(36)40)6-4-11-27(30,31)32/h3,5,7-9,13,17-18,24H,4,6,10-12H2,1-2H3,(H2,36,40)(H,38,42)(H,39,41)/t17-,18+,24+/m0/s1. The van der Waals surface area contributed by atoms with Crippen LogP contribution >= 0.6 is 11.6 Å². The number of alkyl halides is 6. The van der Waals surface area contributed by atoms with Crippen molar-refractivity contribution in [1.29, 1.82) is 0 Å². The molecule has 0 bridgehead atoms. The monoisotopic (exact) mass is 618 g/mol. The van der Waals surface area contributed by atoms with Crippen molar-refractivity contribution in [3.8, 4) is 0 Å². The zero-order valence-corrected chi connectivity index (χ0v) is 23.4. The van der Waals surface area contributed by atoms with Gasteiger partial charge in [0.25, 0.3) is 5.91 Å². The van der Waals surface area contributed by atoms with Gasteiger partial charge in [0.15, 0.2) is 0 Å². The predicted molar refractivity (Wildman–Crippen MR) is 145 cm³/mol. The molecule has 1 heterocycles. The lowest BCUT2D eigenvalue weighted by atomic mass is 9.83. The number of carbonyl (C=O) groups excluding carboxylic acids is 3. The summed E-state index contributed by atoms with van der Waals surface area (Å²) in [6.45, 7) is 3.74. The quantitative estimate of drug-likeness (QED) is 0.285. The highest BCUT2D eigenvalue weighted by molar-refractivity contribution is 6.36. The van der Waals surface area contributed by atoms with Gasteiger partial charge in [-0.15, -0.1) is 0 Å². The van der Waals surface area contributed by atoms with Crippen LogP contribution in [0.15, 0.2) is 41.4 Å². The van der Waals surface area contributed by atoms with E-state index in [0.29, 0.717) is 11.1 Å². The van der Waals surface area contributed by atoms with E-state index in [1.54, 1.807) is 24.3 Å². The molecule has 3 atom stereocenters. The Morgan fingerprint density at radius 3 is 2.26 bits per heavy atom. The molecule has 4 N–H and O–H groups in total. The molecule has 0 unspecified atom stereocenters. The van der Waals surface area contributed by atoms with Gasteiger partial charge in [-0.05, 0) is 56.4 Å². The molecule has 0 saturated carbocycles. The van der Waals surface area contributed by atoms with Gasteiger partial charge in [0.1, 0.15) is 0 Å². The summed E-state index contributed by atoms with van der Waals surface area (Å²) < 4.78 is 77.5. The van der Waals surface area contributed by atoms with Crippen molar-refractivity contribution in [1.82, 2.24) is 5.32 Å². The summed E-state index contributed by atoms with van der Waals surface area (Å²) in [7, 11) is 0. The lowest BCUT2D eigenvalue weighted by Crippen LogP contribution is -2.48. The fourth-order valence-electron chi connectivity index (χ4n) is 4.65. The number of nitrogens with two attached hydrogens (primary N) is 1. The smallest absolute Gasteiger partial charge is 0.369 e. The second-order valence-corrected chi connectivity index (χ2v) is 10.5. The number of aryl methyl sites for hydroxylation is 2. The van der Waals surface area contributed by atoms with Gasteiger partial charge in [0, 0.05) is 35.8 Å². The van der Waals surface area contributed by atoms with Gasteiger partial charge in [-0.3, -0.25) is 14.4 Å². The highest BCUT2D eigenvalue weighted by Gasteiger charge is 2.39. The van der Waals surface area contributed by atoms with Crippen LogP contribution in [0.5, 0.6) is 0 Å². The first kappa shape index (κ1) is 32.9. The number of primary amides is 1. The van der Waals surface area contributed by atoms with Crippen molar-refractivity contribution in [2.75, 3.05) is 5.32 Å². The maximum absolute atomic E-state index is 13.4. The number of amides is 3. The van der Waals surface area contributed by atoms with Gasteiger partial charge in [0.05, 0.1) is 16.4 Å². The van der Waals surface area contributed by atoms with Crippen LogP contribution in [0.1, 0.15) is 54.4 Å². The Labute approximate surface area is 242 Å². The molecular weight excluding hydrogens is 590 g/mol. The third-order valence-corrected chi connectivity index (χ3v) is 7.30. The number of hydrogen-bond acceptors (Lipinski definition) is 4. The first-order chi connectivity index (χ1) is 19.5. The Bertz CT molecular complexity index is 1380. The molecule has 0 spiro atoms. The number of nitrogens with zero attached hydrogens (tertiary/aromatic N) is 1. The van der Waals surface area contributed by atoms with Crippen molar-refractivity contribution in [3.05, 3.63) is 63.7 Å². The minimum absolute atomic E-state index is 0.158. The Balaban J connectivity index is 2.01. The fourth-order valence-corrected chi connectivity index (χ4v) is 4.88. The molecule has 2 aromatic carbocycles. The maximum atomic E-state index is 13.4. The summed E-state index contributed by atoms with van der Waals surface area (Å²) >= 11 is 6.34. The minimum atomic E-state index is -4.74. The van der Waals surface area contributed by atoms with Gasteiger partial charge in [-0.25, -0.2) is 4.99 Å². The van der Waals surface area contributed by atoms with Crippen molar-refractivity contribution in [3.63, 3.8) is 0 Å². The average molecular weight is 619 g/mol. The molecule has 14 heteroatoms. The van der Waals surface area contributed by atoms with Crippen LogP contribution in [0.3, 0.4) is 0 Å². The molecule has 42 heavy (non-hydrogen) atoms. The second kappa shape index (κ2) is 13.1. The Hall–Kier alpha value is -3.61. The highest BCUT2D eigenvalue weighted by atomic mass is 35.5. The molecule has 0 radical (unpaired) electrons. The summed E-state index contributed by atoms with van der Waals surface area (Å²) in [6.07, 6.45) is -16.0. The molecule has 228 valence electrons. The Morgan fingerprint density at radius 1 is 1.00 bits per heavy atom. The van der Waals surface area contributed by atoms with Gasteiger partial charge in [-0.1, -0.05) is 35.9 Å². The molecule has 1 aliphatic rings. The van der Waals surface area contributed by atoms with Crippen molar-refractivity contribution in [2.45, 2.75) is 64.5 Å². The summed E-state index contributed by atoms with van der Waals surface area (Å²) in [5.74, 6) is -6.73. The number of carbonyl (C=O) groups is 3. The van der Waals surface area contributed by atoms with Crippen LogP contribution in [-0.4, -0.2) is 42.0 Å². The van der Waals surface area contributed by atoms with Crippen molar-refractivity contribution >= 4 is 40.7 Å². The number of benzene rings is 2. The molecule has 0 aliphatic carbocycles. The van der Waals surface area contributed by atoms with E-state index in [0.717, 1.165) is 11.1 Å². The predicted octanol–water partition coefficient (Wildman–Crippen LogP) is 5.98. The van der Waals surface area contributed by atoms with E-state index in [1.165, 1.54) is 6.07 Å². The SMILES string of the molecule is Cc1ccc(C2=N[C@H](NC(=O)[C@H](CCC(F)(F)F)[C@H](CCCC(F)(F)F)C(N)=O)C(=O)Nc3c(Cl)cccc32)cc1C. The number of rotatable bonds is 10. The number of anilines is 1. The minimum Gasteiger partial charge on any atom is -0.369 e. The summed E-state index contributed by atoms with van der Waals surface area (Å²) in [5, 5.41) is 5.02. The van der Waals surface area contributed by atoms with E-state index < -0.39 is 80.2 Å². The number of fused-ring (bicyclic) bond motifs is 1. The number of halogens is 7. The lowest BCUT2D eigenvalue weighted by molar-refractivity contribution is -0.147. The van der Waals surface area contributed by atoms with Crippen LogP contribution in [0, 0.1) is 25.7 Å². The van der Waals surface area contributed by atoms with Gasteiger partial charge < -0.3 is 16.4 Å². The van der Waals surface area contributed by atoms with Gasteiger partial charge in [-0.2, -0.15) is 26.3 Å². The fraction of sp³-hybridized carbons (Fsp3) is 0.429. The molecule has 0 saturated heterocycles. The number of benzodiazepines with no additional fused rings is 1. The number of nitrogens with one attached hydrogen (secondary N) is 2. The molecule has 0 fully saturated rings. The first-order valence-electron chi connectivity index (χ1n) is 12.9. The van der Waals surface area contributed by atoms with Crippen LogP contribution < -0.4 is 16.4 Å². The van der Waals surface area contributed by atoms with E-state index in [4.69, 9.17) is 17.3 Å². The maximum Gasteiger partial charge on any atom is 0.389 e. The van der Waals surface area contributed by atoms with E-state index in [2.05, 4.69) is 15.6 Å². The van der Waals surface area contributed by atoms with Crippen LogP contribution in [-0.2, 0) is 14.4 Å². The van der Waals surface area contributed by atoms with Crippen molar-refractivity contribution < 1.29 is 40.7 Å². The topological polar surface area (TPSA) is 114 Å². The zero-order chi connectivity index (χ0) is 31.4. The normalized spacial score (nSPS) is 16.9. The highest BCUT2D eigenvalue weighted by Crippen LogP contribution is 2.33. The third-order valence-electron chi connectivity index (χ3n) is 6.98. The summed E-state index contributed by atoms with van der Waals surface area (Å²) in [5.41, 5.74) is 8.58. The molecule has 3 amide bonds. The lowest BCUT2D eigenvalue weighted by Gasteiger charge is -2.26. The Morgan fingerprint density at radius 2 is 1.67 bits per heavy atom.